The summed E-state index contributed by atoms with van der Waals surface area (Å²) in [6.07, 6.45) is 0.229. The Hall–Kier alpha value is -4.71. The first-order chi connectivity index (χ1) is 17.5. The molecule has 4 aromatic carbocycles. The zero-order valence-corrected chi connectivity index (χ0v) is 20.1. The Morgan fingerprint density at radius 2 is 1.58 bits per heavy atom. The van der Waals surface area contributed by atoms with Gasteiger partial charge in [0, 0.05) is 6.07 Å². The molecule has 5 aromatic rings. The molecule has 0 bridgehead atoms. The van der Waals surface area contributed by atoms with E-state index in [1.54, 1.807) is 35.8 Å². The van der Waals surface area contributed by atoms with Gasteiger partial charge in [0.15, 0.2) is 0 Å². The lowest BCUT2D eigenvalue weighted by molar-refractivity contribution is -0.115. The van der Waals surface area contributed by atoms with E-state index >= 15 is 0 Å². The molecule has 1 N–H and O–H groups in total. The number of fused-ring (bicyclic) bond motifs is 1. The Morgan fingerprint density at radius 1 is 0.889 bits per heavy atom. The number of hydrogen-bond acceptors (Lipinski definition) is 4. The number of rotatable bonds is 6. The molecule has 0 aliphatic rings. The van der Waals surface area contributed by atoms with Crippen LogP contribution >= 0.6 is 0 Å². The van der Waals surface area contributed by atoms with Crippen molar-refractivity contribution in [3.8, 4) is 22.6 Å². The maximum Gasteiger partial charge on any atom is 0.265 e. The van der Waals surface area contributed by atoms with Gasteiger partial charge in [-0.1, -0.05) is 66.7 Å². The molecular formula is C30H25N3O3. The third-order valence-electron chi connectivity index (χ3n) is 6.09. The molecule has 0 aliphatic carbocycles. The number of para-hydroxylation sites is 1. The quantitative estimate of drug-likeness (QED) is 0.349. The molecule has 0 fully saturated rings. The topological polar surface area (TPSA) is 73.2 Å². The molecule has 0 saturated heterocycles. The summed E-state index contributed by atoms with van der Waals surface area (Å²) in [5, 5.41) is 3.47. The lowest BCUT2D eigenvalue weighted by atomic mass is 10.0. The summed E-state index contributed by atoms with van der Waals surface area (Å²) in [5.74, 6) is 0.866. The summed E-state index contributed by atoms with van der Waals surface area (Å²) >= 11 is 0. The van der Waals surface area contributed by atoms with Gasteiger partial charge in [0.2, 0.25) is 5.91 Å². The maximum absolute atomic E-state index is 13.1. The van der Waals surface area contributed by atoms with E-state index in [9.17, 15) is 9.59 Å². The van der Waals surface area contributed by atoms with Gasteiger partial charge in [-0.15, -0.1) is 0 Å². The van der Waals surface area contributed by atoms with Gasteiger partial charge >= 0.3 is 0 Å². The highest BCUT2D eigenvalue weighted by Crippen LogP contribution is 2.28. The van der Waals surface area contributed by atoms with Crippen molar-refractivity contribution < 1.29 is 9.53 Å². The van der Waals surface area contributed by atoms with E-state index in [0.717, 1.165) is 16.7 Å². The summed E-state index contributed by atoms with van der Waals surface area (Å²) in [6, 6.07) is 30.6. The Balaban J connectivity index is 1.36. The van der Waals surface area contributed by atoms with E-state index in [1.807, 2.05) is 60.7 Å². The summed E-state index contributed by atoms with van der Waals surface area (Å²) in [5.41, 5.74) is 4.79. The molecule has 6 heteroatoms. The van der Waals surface area contributed by atoms with Crippen LogP contribution in [0.5, 0.6) is 5.75 Å². The number of benzene rings is 4. The number of aryl methyl sites for hydroxylation is 1. The molecule has 1 aromatic heterocycles. The molecule has 178 valence electrons. The second-order valence-corrected chi connectivity index (χ2v) is 8.49. The van der Waals surface area contributed by atoms with Gasteiger partial charge in [-0.25, -0.2) is 4.98 Å². The average Bonchev–Trinajstić information content (AvgIpc) is 2.90. The number of nitrogens with one attached hydrogen (secondary N) is 1. The largest absolute Gasteiger partial charge is 0.494 e. The monoisotopic (exact) mass is 475 g/mol. The Bertz CT molecular complexity index is 1610. The second-order valence-electron chi connectivity index (χ2n) is 8.49. The van der Waals surface area contributed by atoms with Crippen molar-refractivity contribution in [2.45, 2.75) is 13.3 Å². The maximum atomic E-state index is 13.1. The zero-order chi connectivity index (χ0) is 25.1. The van der Waals surface area contributed by atoms with Crippen molar-refractivity contribution in [2.75, 3.05) is 12.4 Å². The number of anilines is 1. The molecule has 0 aliphatic heterocycles. The van der Waals surface area contributed by atoms with Crippen molar-refractivity contribution in [3.05, 3.63) is 119 Å². The van der Waals surface area contributed by atoms with Crippen LogP contribution in [0.15, 0.2) is 102 Å². The van der Waals surface area contributed by atoms with E-state index in [0.29, 0.717) is 33.9 Å². The normalized spacial score (nSPS) is 10.8. The van der Waals surface area contributed by atoms with E-state index in [-0.39, 0.29) is 17.9 Å². The van der Waals surface area contributed by atoms with Crippen LogP contribution in [-0.4, -0.2) is 22.6 Å². The van der Waals surface area contributed by atoms with E-state index in [2.05, 4.69) is 22.4 Å². The standard InChI is InChI=1S/C30H25N3O3/c1-20-31-26-11-7-6-10-25(26)30(35)33(20)24-16-17-27(28(19-24)36-2)32-29(34)18-21-12-14-23(15-13-21)22-8-4-3-5-9-22/h3-17,19H,18H2,1-2H3,(H,32,34). The highest BCUT2D eigenvalue weighted by Gasteiger charge is 2.14. The number of aromatic nitrogens is 2. The molecule has 0 unspecified atom stereocenters. The van der Waals surface area contributed by atoms with Crippen molar-refractivity contribution in [3.63, 3.8) is 0 Å². The molecule has 1 heterocycles. The minimum absolute atomic E-state index is 0.157. The predicted octanol–water partition coefficient (Wildman–Crippen LogP) is 5.55. The molecule has 0 radical (unpaired) electrons. The van der Waals surface area contributed by atoms with Crippen LogP contribution in [0.2, 0.25) is 0 Å². The minimum atomic E-state index is -0.158. The third kappa shape index (κ3) is 4.61. The highest BCUT2D eigenvalue weighted by molar-refractivity contribution is 5.94. The molecular weight excluding hydrogens is 450 g/mol. The van der Waals surface area contributed by atoms with E-state index < -0.39 is 0 Å². The second kappa shape index (κ2) is 9.88. The molecule has 1 amide bonds. The summed E-state index contributed by atoms with van der Waals surface area (Å²) in [7, 11) is 1.53. The minimum Gasteiger partial charge on any atom is -0.494 e. The fourth-order valence-corrected chi connectivity index (χ4v) is 4.30. The zero-order valence-electron chi connectivity index (χ0n) is 20.1. The van der Waals surface area contributed by atoms with Crippen LogP contribution in [0.3, 0.4) is 0 Å². The van der Waals surface area contributed by atoms with Crippen LogP contribution in [0, 0.1) is 6.92 Å². The van der Waals surface area contributed by atoms with E-state index in [4.69, 9.17) is 4.74 Å². The molecule has 36 heavy (non-hydrogen) atoms. The Kier molecular flexibility index (Phi) is 6.33. The van der Waals surface area contributed by atoms with Gasteiger partial charge in [0.25, 0.3) is 5.56 Å². The van der Waals surface area contributed by atoms with Gasteiger partial charge < -0.3 is 10.1 Å². The summed E-state index contributed by atoms with van der Waals surface area (Å²) in [6.45, 7) is 1.79. The molecule has 5 rings (SSSR count). The summed E-state index contributed by atoms with van der Waals surface area (Å²) in [4.78, 5) is 30.5. The summed E-state index contributed by atoms with van der Waals surface area (Å²) < 4.78 is 7.09. The first-order valence-electron chi connectivity index (χ1n) is 11.6. The number of carbonyl (C=O) groups excluding carboxylic acids is 1. The van der Waals surface area contributed by atoms with Crippen LogP contribution in [-0.2, 0) is 11.2 Å². The first-order valence-corrected chi connectivity index (χ1v) is 11.6. The van der Waals surface area contributed by atoms with Gasteiger partial charge in [-0.3, -0.25) is 14.2 Å². The average molecular weight is 476 g/mol. The lowest BCUT2D eigenvalue weighted by Gasteiger charge is -2.15. The van der Waals surface area contributed by atoms with Crippen molar-refractivity contribution in [1.29, 1.82) is 0 Å². The number of ether oxygens (including phenoxy) is 1. The van der Waals surface area contributed by atoms with Crippen molar-refractivity contribution >= 4 is 22.5 Å². The van der Waals surface area contributed by atoms with Crippen LogP contribution in [0.4, 0.5) is 5.69 Å². The smallest absolute Gasteiger partial charge is 0.265 e. The highest BCUT2D eigenvalue weighted by atomic mass is 16.5. The molecule has 0 spiro atoms. The third-order valence-corrected chi connectivity index (χ3v) is 6.09. The van der Waals surface area contributed by atoms with Gasteiger partial charge in [0.1, 0.15) is 11.6 Å². The number of hydrogen-bond donors (Lipinski definition) is 1. The first kappa shape index (κ1) is 23.1. The van der Waals surface area contributed by atoms with Gasteiger partial charge in [-0.2, -0.15) is 0 Å². The fraction of sp³-hybridized carbons (Fsp3) is 0.100. The van der Waals surface area contributed by atoms with Crippen LogP contribution in [0.1, 0.15) is 11.4 Å². The number of nitrogens with zero attached hydrogens (tertiary/aromatic N) is 2. The van der Waals surface area contributed by atoms with Crippen molar-refractivity contribution in [1.82, 2.24) is 9.55 Å². The Labute approximate surface area is 208 Å². The molecule has 6 nitrogen and oxygen atoms in total. The van der Waals surface area contributed by atoms with Gasteiger partial charge in [-0.05, 0) is 47.9 Å². The number of methoxy groups -OCH3 is 1. The fourth-order valence-electron chi connectivity index (χ4n) is 4.30. The van der Waals surface area contributed by atoms with Crippen molar-refractivity contribution in [2.24, 2.45) is 0 Å². The van der Waals surface area contributed by atoms with Crippen LogP contribution < -0.4 is 15.6 Å². The Morgan fingerprint density at radius 3 is 2.33 bits per heavy atom. The van der Waals surface area contributed by atoms with E-state index in [1.165, 1.54) is 7.11 Å². The number of carbonyl (C=O) groups is 1. The lowest BCUT2D eigenvalue weighted by Crippen LogP contribution is -2.22. The van der Waals surface area contributed by atoms with Crippen LogP contribution in [0.25, 0.3) is 27.7 Å². The van der Waals surface area contributed by atoms with Gasteiger partial charge in [0.05, 0.1) is 35.8 Å². The SMILES string of the molecule is COc1cc(-n2c(C)nc3ccccc3c2=O)ccc1NC(=O)Cc1ccc(-c2ccccc2)cc1. The molecule has 0 atom stereocenters. The predicted molar refractivity (Wildman–Crippen MR) is 143 cm³/mol. The molecule has 0 saturated carbocycles. The number of amides is 1.